The molecular formula is C27H35N3O. The number of hydrogen-bond donors (Lipinski definition) is 0. The summed E-state index contributed by atoms with van der Waals surface area (Å²) in [4.78, 5) is 19.9. The van der Waals surface area contributed by atoms with Gasteiger partial charge in [-0.25, -0.2) is 0 Å². The van der Waals surface area contributed by atoms with Crippen LogP contribution in [0.1, 0.15) is 47.2 Å². The molecule has 4 nitrogen and oxygen atoms in total. The van der Waals surface area contributed by atoms with Crippen molar-refractivity contribution in [2.45, 2.75) is 32.2 Å². The van der Waals surface area contributed by atoms with Crippen molar-refractivity contribution < 1.29 is 4.79 Å². The van der Waals surface area contributed by atoms with Gasteiger partial charge >= 0.3 is 0 Å². The molecule has 4 rings (SSSR count). The lowest BCUT2D eigenvalue weighted by atomic mass is 10.1. The van der Waals surface area contributed by atoms with E-state index in [-0.39, 0.29) is 5.91 Å². The summed E-state index contributed by atoms with van der Waals surface area (Å²) in [6, 6.07) is 18.7. The van der Waals surface area contributed by atoms with E-state index in [1.54, 1.807) is 0 Å². The Morgan fingerprint density at radius 3 is 2.10 bits per heavy atom. The molecule has 0 atom stereocenters. The Hall–Kier alpha value is -2.43. The van der Waals surface area contributed by atoms with Gasteiger partial charge in [0.2, 0.25) is 0 Å². The quantitative estimate of drug-likeness (QED) is 0.691. The molecule has 2 fully saturated rings. The normalized spacial score (nSPS) is 18.9. The van der Waals surface area contributed by atoms with Crippen LogP contribution in [0.3, 0.4) is 0 Å². The number of piperazine rings is 1. The molecule has 1 amide bonds. The monoisotopic (exact) mass is 417 g/mol. The number of nitrogens with zero attached hydrogens (tertiary/aromatic N) is 3. The highest BCUT2D eigenvalue weighted by Gasteiger charge is 2.21. The Bertz CT molecular complexity index is 831. The molecule has 0 unspecified atom stereocenters. The van der Waals surface area contributed by atoms with Gasteiger partial charge in [0.15, 0.2) is 0 Å². The van der Waals surface area contributed by atoms with E-state index in [2.05, 4.69) is 58.4 Å². The van der Waals surface area contributed by atoms with Gasteiger partial charge in [0.25, 0.3) is 5.91 Å². The lowest BCUT2D eigenvalue weighted by Gasteiger charge is -2.34. The van der Waals surface area contributed by atoms with Crippen molar-refractivity contribution in [3.8, 4) is 0 Å². The van der Waals surface area contributed by atoms with Crippen LogP contribution in [0.15, 0.2) is 60.7 Å². The van der Waals surface area contributed by atoms with Crippen LogP contribution in [0.5, 0.6) is 0 Å². The Kier molecular flexibility index (Phi) is 7.92. The standard InChI is InChI=1S/C27H35N3O/c31-27(26-14-12-25(13-15-26)23-29-16-6-1-2-7-17-29)30-21-19-28(20-22-30)18-8-11-24-9-4-3-5-10-24/h3-5,8-15H,1-2,6-7,16-23H2/b11-8+. The molecule has 0 aliphatic carbocycles. The van der Waals surface area contributed by atoms with Crippen LogP contribution >= 0.6 is 0 Å². The Labute approximate surface area is 187 Å². The maximum Gasteiger partial charge on any atom is 0.253 e. The van der Waals surface area contributed by atoms with Gasteiger partial charge in [-0.3, -0.25) is 14.6 Å². The fourth-order valence-electron chi connectivity index (χ4n) is 4.52. The molecule has 0 saturated carbocycles. The fourth-order valence-corrected chi connectivity index (χ4v) is 4.52. The van der Waals surface area contributed by atoms with Gasteiger partial charge < -0.3 is 4.90 Å². The second-order valence-corrected chi connectivity index (χ2v) is 8.79. The molecule has 2 heterocycles. The van der Waals surface area contributed by atoms with Gasteiger partial charge in [0.05, 0.1) is 0 Å². The largest absolute Gasteiger partial charge is 0.336 e. The fraction of sp³-hybridized carbons (Fsp3) is 0.444. The Balaban J connectivity index is 1.23. The van der Waals surface area contributed by atoms with E-state index in [0.717, 1.165) is 44.8 Å². The minimum atomic E-state index is 0.167. The first-order chi connectivity index (χ1) is 15.3. The maximum atomic E-state index is 12.9. The lowest BCUT2D eigenvalue weighted by molar-refractivity contribution is 0.0650. The number of likely N-dealkylation sites (tertiary alicyclic amines) is 1. The summed E-state index contributed by atoms with van der Waals surface area (Å²) in [5.41, 5.74) is 3.36. The van der Waals surface area contributed by atoms with Gasteiger partial charge in [-0.15, -0.1) is 0 Å². The van der Waals surface area contributed by atoms with Crippen molar-refractivity contribution in [2.24, 2.45) is 0 Å². The maximum absolute atomic E-state index is 12.9. The van der Waals surface area contributed by atoms with Crippen LogP contribution in [-0.4, -0.2) is 66.4 Å². The summed E-state index contributed by atoms with van der Waals surface area (Å²) in [7, 11) is 0. The SMILES string of the molecule is O=C(c1ccc(CN2CCCCCC2)cc1)N1CCN(C/C=C/c2ccccc2)CC1. The third-order valence-electron chi connectivity index (χ3n) is 6.44. The highest BCUT2D eigenvalue weighted by Crippen LogP contribution is 2.15. The second-order valence-electron chi connectivity index (χ2n) is 8.79. The van der Waals surface area contributed by atoms with E-state index < -0.39 is 0 Å². The summed E-state index contributed by atoms with van der Waals surface area (Å²) < 4.78 is 0. The van der Waals surface area contributed by atoms with Crippen LogP contribution in [-0.2, 0) is 6.54 Å². The van der Waals surface area contributed by atoms with E-state index in [0.29, 0.717) is 0 Å². The zero-order valence-electron chi connectivity index (χ0n) is 18.6. The van der Waals surface area contributed by atoms with Crippen molar-refractivity contribution in [1.29, 1.82) is 0 Å². The molecule has 0 bridgehead atoms. The first-order valence-corrected chi connectivity index (χ1v) is 11.8. The number of benzene rings is 2. The molecule has 2 aliphatic rings. The second kappa shape index (κ2) is 11.3. The van der Waals surface area contributed by atoms with E-state index in [1.165, 1.54) is 49.9 Å². The molecule has 2 aromatic carbocycles. The summed E-state index contributed by atoms with van der Waals surface area (Å²) in [6.45, 7) is 7.79. The van der Waals surface area contributed by atoms with Crippen molar-refractivity contribution in [1.82, 2.24) is 14.7 Å². The molecule has 2 aliphatic heterocycles. The van der Waals surface area contributed by atoms with E-state index in [9.17, 15) is 4.79 Å². The number of hydrogen-bond acceptors (Lipinski definition) is 3. The molecular weight excluding hydrogens is 382 g/mol. The predicted molar refractivity (Wildman–Crippen MR) is 128 cm³/mol. The van der Waals surface area contributed by atoms with E-state index in [1.807, 2.05) is 23.1 Å². The number of rotatable bonds is 6. The molecule has 0 N–H and O–H groups in total. The van der Waals surface area contributed by atoms with Gasteiger partial charge in [0, 0.05) is 44.8 Å². The summed E-state index contributed by atoms with van der Waals surface area (Å²) >= 11 is 0. The first-order valence-electron chi connectivity index (χ1n) is 11.8. The van der Waals surface area contributed by atoms with Gasteiger partial charge in [0.1, 0.15) is 0 Å². The van der Waals surface area contributed by atoms with Crippen molar-refractivity contribution >= 4 is 12.0 Å². The Morgan fingerprint density at radius 2 is 1.42 bits per heavy atom. The average molecular weight is 418 g/mol. The highest BCUT2D eigenvalue weighted by molar-refractivity contribution is 5.94. The van der Waals surface area contributed by atoms with Crippen LogP contribution in [0.2, 0.25) is 0 Å². The van der Waals surface area contributed by atoms with Crippen LogP contribution in [0, 0.1) is 0 Å². The van der Waals surface area contributed by atoms with Crippen LogP contribution < -0.4 is 0 Å². The zero-order valence-corrected chi connectivity index (χ0v) is 18.6. The van der Waals surface area contributed by atoms with E-state index >= 15 is 0 Å². The van der Waals surface area contributed by atoms with Crippen molar-refractivity contribution in [3.05, 3.63) is 77.4 Å². The molecule has 4 heteroatoms. The third-order valence-corrected chi connectivity index (χ3v) is 6.44. The van der Waals surface area contributed by atoms with Gasteiger partial charge in [-0.2, -0.15) is 0 Å². The van der Waals surface area contributed by atoms with Crippen LogP contribution in [0.25, 0.3) is 6.08 Å². The van der Waals surface area contributed by atoms with Crippen LogP contribution in [0.4, 0.5) is 0 Å². The summed E-state index contributed by atoms with van der Waals surface area (Å²) in [5.74, 6) is 0.167. The molecule has 31 heavy (non-hydrogen) atoms. The minimum Gasteiger partial charge on any atom is -0.336 e. The van der Waals surface area contributed by atoms with Gasteiger partial charge in [-0.1, -0.05) is 67.5 Å². The highest BCUT2D eigenvalue weighted by atomic mass is 16.2. The molecule has 2 saturated heterocycles. The zero-order chi connectivity index (χ0) is 21.3. The number of carbonyl (C=O) groups excluding carboxylic acids is 1. The molecule has 164 valence electrons. The topological polar surface area (TPSA) is 26.8 Å². The first kappa shape index (κ1) is 21.8. The summed E-state index contributed by atoms with van der Waals surface area (Å²) in [6.07, 6.45) is 9.73. The number of amides is 1. The minimum absolute atomic E-state index is 0.167. The molecule has 0 radical (unpaired) electrons. The van der Waals surface area contributed by atoms with Crippen molar-refractivity contribution in [3.63, 3.8) is 0 Å². The third kappa shape index (κ3) is 6.52. The lowest BCUT2D eigenvalue weighted by Crippen LogP contribution is -2.48. The molecule has 2 aromatic rings. The summed E-state index contributed by atoms with van der Waals surface area (Å²) in [5, 5.41) is 0. The molecule has 0 aromatic heterocycles. The average Bonchev–Trinajstić information content (AvgIpc) is 3.09. The predicted octanol–water partition coefficient (Wildman–Crippen LogP) is 4.53. The van der Waals surface area contributed by atoms with Gasteiger partial charge in [-0.05, 0) is 49.2 Å². The number of carbonyl (C=O) groups is 1. The molecule has 0 spiro atoms. The smallest absolute Gasteiger partial charge is 0.253 e. The van der Waals surface area contributed by atoms with E-state index in [4.69, 9.17) is 0 Å². The van der Waals surface area contributed by atoms with Crippen molar-refractivity contribution in [2.75, 3.05) is 45.8 Å². The Morgan fingerprint density at radius 1 is 0.742 bits per heavy atom.